The number of hydrogen-bond acceptors (Lipinski definition) is 3. The number of carbonyl (C=O) groups excluding carboxylic acids is 1. The molecule has 1 atom stereocenters. The first-order valence-electron chi connectivity index (χ1n) is 5.50. The van der Waals surface area contributed by atoms with Crippen molar-refractivity contribution in [1.29, 1.82) is 0 Å². The fourth-order valence-electron chi connectivity index (χ4n) is 1.54. The Kier molecular flexibility index (Phi) is 4.69. The Morgan fingerprint density at radius 2 is 2.24 bits per heavy atom. The summed E-state index contributed by atoms with van der Waals surface area (Å²) in [6, 6.07) is 3.79. The Bertz CT molecular complexity index is 388. The van der Waals surface area contributed by atoms with Crippen LogP contribution in [0.4, 0.5) is 0 Å². The SMILES string of the molecule is CCC(C)(CC(=O)O)NC(=O)Cc1cccs1. The lowest BCUT2D eigenvalue weighted by atomic mass is 9.94. The van der Waals surface area contributed by atoms with E-state index >= 15 is 0 Å². The second kappa shape index (κ2) is 5.82. The van der Waals surface area contributed by atoms with Crippen LogP contribution in [0.25, 0.3) is 0 Å². The Labute approximate surface area is 105 Å². The van der Waals surface area contributed by atoms with Crippen LogP contribution in [0.5, 0.6) is 0 Å². The van der Waals surface area contributed by atoms with Crippen molar-refractivity contribution in [3.63, 3.8) is 0 Å². The zero-order valence-corrected chi connectivity index (χ0v) is 10.8. The maximum Gasteiger partial charge on any atom is 0.305 e. The molecule has 17 heavy (non-hydrogen) atoms. The maximum atomic E-state index is 11.8. The van der Waals surface area contributed by atoms with E-state index in [4.69, 9.17) is 5.11 Å². The minimum absolute atomic E-state index is 0.0559. The summed E-state index contributed by atoms with van der Waals surface area (Å²) in [5, 5.41) is 13.5. The van der Waals surface area contributed by atoms with Gasteiger partial charge in [-0.3, -0.25) is 9.59 Å². The predicted octanol–water partition coefficient (Wildman–Crippen LogP) is 2.05. The highest BCUT2D eigenvalue weighted by molar-refractivity contribution is 7.10. The molecule has 0 aromatic carbocycles. The Morgan fingerprint density at radius 3 is 2.71 bits per heavy atom. The lowest BCUT2D eigenvalue weighted by Crippen LogP contribution is -2.47. The van der Waals surface area contributed by atoms with Gasteiger partial charge in [0.15, 0.2) is 0 Å². The fraction of sp³-hybridized carbons (Fsp3) is 0.500. The van der Waals surface area contributed by atoms with Gasteiger partial charge in [0.05, 0.1) is 12.8 Å². The Balaban J connectivity index is 2.56. The van der Waals surface area contributed by atoms with Gasteiger partial charge in [0.2, 0.25) is 5.91 Å². The number of carboxylic acids is 1. The number of nitrogens with one attached hydrogen (secondary N) is 1. The first-order valence-corrected chi connectivity index (χ1v) is 6.38. The topological polar surface area (TPSA) is 66.4 Å². The van der Waals surface area contributed by atoms with Crippen molar-refractivity contribution in [3.8, 4) is 0 Å². The molecule has 4 nitrogen and oxygen atoms in total. The smallest absolute Gasteiger partial charge is 0.305 e. The molecule has 2 N–H and O–H groups in total. The molecule has 0 aliphatic rings. The van der Waals surface area contributed by atoms with E-state index in [1.807, 2.05) is 24.4 Å². The zero-order valence-electron chi connectivity index (χ0n) is 10.0. The van der Waals surface area contributed by atoms with E-state index in [0.29, 0.717) is 12.8 Å². The molecule has 0 aliphatic carbocycles. The van der Waals surface area contributed by atoms with Gasteiger partial charge in [-0.1, -0.05) is 13.0 Å². The number of hydrogen-bond donors (Lipinski definition) is 2. The molecule has 0 saturated heterocycles. The van der Waals surface area contributed by atoms with Gasteiger partial charge in [-0.25, -0.2) is 0 Å². The van der Waals surface area contributed by atoms with Gasteiger partial charge in [-0.05, 0) is 24.8 Å². The summed E-state index contributed by atoms with van der Waals surface area (Å²) in [5.41, 5.74) is -0.666. The van der Waals surface area contributed by atoms with Crippen LogP contribution in [0.3, 0.4) is 0 Å². The van der Waals surface area contributed by atoms with E-state index in [2.05, 4.69) is 5.32 Å². The fourth-order valence-corrected chi connectivity index (χ4v) is 2.25. The summed E-state index contributed by atoms with van der Waals surface area (Å²) in [7, 11) is 0. The van der Waals surface area contributed by atoms with E-state index in [-0.39, 0.29) is 12.3 Å². The monoisotopic (exact) mass is 255 g/mol. The average molecular weight is 255 g/mol. The zero-order chi connectivity index (χ0) is 12.9. The molecule has 0 fully saturated rings. The van der Waals surface area contributed by atoms with Crippen LogP contribution in [-0.2, 0) is 16.0 Å². The van der Waals surface area contributed by atoms with Crippen molar-refractivity contribution in [1.82, 2.24) is 5.32 Å². The molecule has 0 radical (unpaired) electrons. The molecule has 94 valence electrons. The van der Waals surface area contributed by atoms with Crippen molar-refractivity contribution < 1.29 is 14.7 Å². The Morgan fingerprint density at radius 1 is 1.53 bits per heavy atom. The summed E-state index contributed by atoms with van der Waals surface area (Å²) >= 11 is 1.52. The van der Waals surface area contributed by atoms with Crippen molar-refractivity contribution in [2.45, 2.75) is 38.6 Å². The molecule has 0 aliphatic heterocycles. The van der Waals surface area contributed by atoms with Crippen LogP contribution >= 0.6 is 11.3 Å². The molecule has 1 heterocycles. The molecule has 1 aromatic rings. The highest BCUT2D eigenvalue weighted by Gasteiger charge is 2.27. The van der Waals surface area contributed by atoms with E-state index < -0.39 is 11.5 Å². The normalized spacial score (nSPS) is 14.0. The molecule has 0 saturated carbocycles. The van der Waals surface area contributed by atoms with Gasteiger partial charge in [0.1, 0.15) is 0 Å². The van der Waals surface area contributed by atoms with Gasteiger partial charge in [0, 0.05) is 10.4 Å². The minimum atomic E-state index is -0.897. The lowest BCUT2D eigenvalue weighted by Gasteiger charge is -2.27. The van der Waals surface area contributed by atoms with Gasteiger partial charge in [-0.15, -0.1) is 11.3 Å². The average Bonchev–Trinajstić information content (AvgIpc) is 2.68. The van der Waals surface area contributed by atoms with Gasteiger partial charge in [0.25, 0.3) is 0 Å². The summed E-state index contributed by atoms with van der Waals surface area (Å²) in [4.78, 5) is 23.5. The van der Waals surface area contributed by atoms with Gasteiger partial charge in [-0.2, -0.15) is 0 Å². The minimum Gasteiger partial charge on any atom is -0.481 e. The maximum absolute atomic E-state index is 11.8. The molecular weight excluding hydrogens is 238 g/mol. The summed E-state index contributed by atoms with van der Waals surface area (Å²) in [5.74, 6) is -1.02. The highest BCUT2D eigenvalue weighted by atomic mass is 32.1. The number of carbonyl (C=O) groups is 2. The summed E-state index contributed by atoms with van der Waals surface area (Å²) in [6.45, 7) is 3.63. The van der Waals surface area contributed by atoms with Crippen molar-refractivity contribution >= 4 is 23.2 Å². The standard InChI is InChI=1S/C12H17NO3S/c1-3-12(2,8-11(15)16)13-10(14)7-9-5-4-6-17-9/h4-6H,3,7-8H2,1-2H3,(H,13,14)(H,15,16). The summed E-state index contributed by atoms with van der Waals surface area (Å²) < 4.78 is 0. The number of rotatable bonds is 6. The number of amides is 1. The second-order valence-electron chi connectivity index (χ2n) is 4.29. The van der Waals surface area contributed by atoms with Crippen molar-refractivity contribution in [2.75, 3.05) is 0 Å². The molecule has 5 heteroatoms. The third kappa shape index (κ3) is 4.56. The number of carboxylic acid groups (broad SMARTS) is 1. The first kappa shape index (κ1) is 13.7. The van der Waals surface area contributed by atoms with Crippen LogP contribution in [0.2, 0.25) is 0 Å². The third-order valence-electron chi connectivity index (χ3n) is 2.68. The van der Waals surface area contributed by atoms with Gasteiger partial charge < -0.3 is 10.4 Å². The summed E-state index contributed by atoms with van der Waals surface area (Å²) in [6.07, 6.45) is 0.849. The molecule has 1 unspecified atom stereocenters. The predicted molar refractivity (Wildman–Crippen MR) is 67.1 cm³/mol. The number of aliphatic carboxylic acids is 1. The molecule has 0 bridgehead atoms. The van der Waals surface area contributed by atoms with E-state index in [1.54, 1.807) is 6.92 Å². The molecular formula is C12H17NO3S. The van der Waals surface area contributed by atoms with Crippen molar-refractivity contribution in [2.24, 2.45) is 0 Å². The van der Waals surface area contributed by atoms with E-state index in [0.717, 1.165) is 4.88 Å². The largest absolute Gasteiger partial charge is 0.481 e. The van der Waals surface area contributed by atoms with E-state index in [1.165, 1.54) is 11.3 Å². The molecule has 1 aromatic heterocycles. The van der Waals surface area contributed by atoms with Gasteiger partial charge >= 0.3 is 5.97 Å². The van der Waals surface area contributed by atoms with Crippen LogP contribution < -0.4 is 5.32 Å². The molecule has 1 rings (SSSR count). The first-order chi connectivity index (χ1) is 7.95. The molecule has 1 amide bonds. The quantitative estimate of drug-likeness (QED) is 0.817. The van der Waals surface area contributed by atoms with Crippen LogP contribution in [0.1, 0.15) is 31.6 Å². The van der Waals surface area contributed by atoms with Crippen LogP contribution in [0.15, 0.2) is 17.5 Å². The Hall–Kier alpha value is -1.36. The van der Waals surface area contributed by atoms with Crippen LogP contribution in [-0.4, -0.2) is 22.5 Å². The number of thiophene rings is 1. The second-order valence-corrected chi connectivity index (χ2v) is 5.32. The van der Waals surface area contributed by atoms with E-state index in [9.17, 15) is 9.59 Å². The highest BCUT2D eigenvalue weighted by Crippen LogP contribution is 2.15. The van der Waals surface area contributed by atoms with Crippen molar-refractivity contribution in [3.05, 3.63) is 22.4 Å². The third-order valence-corrected chi connectivity index (χ3v) is 3.55. The van der Waals surface area contributed by atoms with Crippen LogP contribution in [0, 0.1) is 0 Å². The lowest BCUT2D eigenvalue weighted by molar-refractivity contribution is -0.139. The molecule has 0 spiro atoms.